The van der Waals surface area contributed by atoms with E-state index in [9.17, 15) is 9.59 Å². The summed E-state index contributed by atoms with van der Waals surface area (Å²) < 4.78 is 15.3. The Kier molecular flexibility index (Phi) is 6.86. The van der Waals surface area contributed by atoms with Gasteiger partial charge in [-0.05, 0) is 42.8 Å². The van der Waals surface area contributed by atoms with Crippen molar-refractivity contribution in [2.24, 2.45) is 0 Å². The summed E-state index contributed by atoms with van der Waals surface area (Å²) in [6, 6.07) is 11.7. The smallest absolute Gasteiger partial charge is 0.342 e. The molecule has 2 aromatic carbocycles. The van der Waals surface area contributed by atoms with Crippen LogP contribution in [0.3, 0.4) is 0 Å². The monoisotopic (exact) mass is 377 g/mol. The first-order valence-electron chi connectivity index (χ1n) is 7.88. The summed E-state index contributed by atoms with van der Waals surface area (Å²) in [4.78, 5) is 24.2. The normalized spacial score (nSPS) is 11.4. The average Bonchev–Trinajstić information content (AvgIpc) is 2.66. The van der Waals surface area contributed by atoms with Gasteiger partial charge in [0.25, 0.3) is 5.91 Å². The summed E-state index contributed by atoms with van der Waals surface area (Å²) in [6.45, 7) is 1.41. The van der Waals surface area contributed by atoms with Crippen molar-refractivity contribution >= 4 is 23.5 Å². The van der Waals surface area contributed by atoms with Crippen molar-refractivity contribution < 1.29 is 23.8 Å². The molecule has 0 aliphatic heterocycles. The molecule has 0 aliphatic carbocycles. The summed E-state index contributed by atoms with van der Waals surface area (Å²) in [6.07, 6.45) is 0. The van der Waals surface area contributed by atoms with Gasteiger partial charge in [0.2, 0.25) is 0 Å². The molecule has 2 rings (SSSR count). The van der Waals surface area contributed by atoms with Crippen molar-refractivity contribution in [2.75, 3.05) is 20.8 Å². The van der Waals surface area contributed by atoms with Gasteiger partial charge in [-0.2, -0.15) is 0 Å². The molecule has 138 valence electrons. The second-order valence-corrected chi connectivity index (χ2v) is 5.92. The lowest BCUT2D eigenvalue weighted by molar-refractivity contribution is -0.124. The molecule has 0 aromatic heterocycles. The standard InChI is InChI=1S/C19H20ClNO5/c1-12(13-5-4-6-15(9-13)24-2)21-18(22)11-26-19(23)16-10-14(20)7-8-17(16)25-3/h4-10,12H,11H2,1-3H3,(H,21,22)/t12-/m1/s1. The zero-order valence-electron chi connectivity index (χ0n) is 14.7. The van der Waals surface area contributed by atoms with Crippen LogP contribution in [0.1, 0.15) is 28.9 Å². The topological polar surface area (TPSA) is 73.9 Å². The van der Waals surface area contributed by atoms with E-state index in [2.05, 4.69) is 5.32 Å². The third-order valence-corrected chi connectivity index (χ3v) is 3.92. The molecule has 0 bridgehead atoms. The Morgan fingerprint density at radius 2 is 1.88 bits per heavy atom. The number of ether oxygens (including phenoxy) is 3. The van der Waals surface area contributed by atoms with E-state index in [1.807, 2.05) is 31.2 Å². The number of nitrogens with one attached hydrogen (secondary N) is 1. The van der Waals surface area contributed by atoms with Crippen molar-refractivity contribution in [3.63, 3.8) is 0 Å². The first kappa shape index (κ1) is 19.6. The van der Waals surface area contributed by atoms with Crippen molar-refractivity contribution in [3.8, 4) is 11.5 Å². The van der Waals surface area contributed by atoms with E-state index in [1.165, 1.54) is 13.2 Å². The molecule has 0 unspecified atom stereocenters. The van der Waals surface area contributed by atoms with E-state index in [0.29, 0.717) is 16.5 Å². The van der Waals surface area contributed by atoms with Crippen LogP contribution < -0.4 is 14.8 Å². The fourth-order valence-corrected chi connectivity index (χ4v) is 2.50. The van der Waals surface area contributed by atoms with E-state index in [0.717, 1.165) is 5.56 Å². The van der Waals surface area contributed by atoms with Crippen molar-refractivity contribution in [1.82, 2.24) is 5.32 Å². The molecule has 7 heteroatoms. The summed E-state index contributed by atoms with van der Waals surface area (Å²) >= 11 is 5.89. The van der Waals surface area contributed by atoms with Gasteiger partial charge in [0, 0.05) is 5.02 Å². The van der Waals surface area contributed by atoms with Crippen molar-refractivity contribution in [1.29, 1.82) is 0 Å². The van der Waals surface area contributed by atoms with Gasteiger partial charge in [0.15, 0.2) is 6.61 Å². The molecule has 0 aliphatic rings. The molecule has 6 nitrogen and oxygen atoms in total. The summed E-state index contributed by atoms with van der Waals surface area (Å²) in [5.74, 6) is -0.0872. The zero-order valence-corrected chi connectivity index (χ0v) is 15.5. The predicted octanol–water partition coefficient (Wildman–Crippen LogP) is 3.39. The van der Waals surface area contributed by atoms with E-state index in [1.54, 1.807) is 19.2 Å². The van der Waals surface area contributed by atoms with Gasteiger partial charge in [-0.1, -0.05) is 23.7 Å². The largest absolute Gasteiger partial charge is 0.497 e. The second-order valence-electron chi connectivity index (χ2n) is 5.49. The number of benzene rings is 2. The van der Waals surface area contributed by atoms with Crippen LogP contribution in [-0.4, -0.2) is 32.7 Å². The molecule has 0 spiro atoms. The maximum absolute atomic E-state index is 12.2. The van der Waals surface area contributed by atoms with Crippen LogP contribution >= 0.6 is 11.6 Å². The highest BCUT2D eigenvalue weighted by Gasteiger charge is 2.17. The van der Waals surface area contributed by atoms with Crippen LogP contribution in [0.2, 0.25) is 5.02 Å². The van der Waals surface area contributed by atoms with E-state index in [-0.39, 0.29) is 11.6 Å². The number of carbonyl (C=O) groups is 2. The molecule has 26 heavy (non-hydrogen) atoms. The van der Waals surface area contributed by atoms with Crippen molar-refractivity contribution in [3.05, 3.63) is 58.6 Å². The fourth-order valence-electron chi connectivity index (χ4n) is 2.33. The minimum Gasteiger partial charge on any atom is -0.497 e. The maximum Gasteiger partial charge on any atom is 0.342 e. The highest BCUT2D eigenvalue weighted by atomic mass is 35.5. The Hall–Kier alpha value is -2.73. The number of rotatable bonds is 7. The van der Waals surface area contributed by atoms with Crippen LogP contribution in [-0.2, 0) is 9.53 Å². The molecule has 0 radical (unpaired) electrons. The van der Waals surface area contributed by atoms with Crippen LogP contribution in [0, 0.1) is 0 Å². The van der Waals surface area contributed by atoms with E-state index in [4.69, 9.17) is 25.8 Å². The van der Waals surface area contributed by atoms with Crippen LogP contribution in [0.5, 0.6) is 11.5 Å². The molecule has 1 N–H and O–H groups in total. The Labute approximate surface area is 157 Å². The SMILES string of the molecule is COc1cccc([C@@H](C)NC(=O)COC(=O)c2cc(Cl)ccc2OC)c1. The first-order chi connectivity index (χ1) is 12.4. The van der Waals surface area contributed by atoms with Gasteiger partial charge in [0.1, 0.15) is 17.1 Å². The van der Waals surface area contributed by atoms with Gasteiger partial charge < -0.3 is 19.5 Å². The molecule has 0 heterocycles. The average molecular weight is 378 g/mol. The Bertz CT molecular complexity index is 793. The molecule has 0 saturated carbocycles. The number of esters is 1. The molecular weight excluding hydrogens is 358 g/mol. The number of amides is 1. The number of hydrogen-bond donors (Lipinski definition) is 1. The van der Waals surface area contributed by atoms with Gasteiger partial charge >= 0.3 is 5.97 Å². The maximum atomic E-state index is 12.2. The van der Waals surface area contributed by atoms with Crippen LogP contribution in [0.4, 0.5) is 0 Å². The highest BCUT2D eigenvalue weighted by molar-refractivity contribution is 6.31. The fraction of sp³-hybridized carbons (Fsp3) is 0.263. The van der Waals surface area contributed by atoms with Crippen molar-refractivity contribution in [2.45, 2.75) is 13.0 Å². The molecular formula is C19H20ClNO5. The van der Waals surface area contributed by atoms with Gasteiger partial charge in [0.05, 0.1) is 20.3 Å². The predicted molar refractivity (Wildman–Crippen MR) is 97.8 cm³/mol. The van der Waals surface area contributed by atoms with E-state index < -0.39 is 18.5 Å². The molecule has 2 aromatic rings. The minimum absolute atomic E-state index is 0.161. The molecule has 1 amide bonds. The lowest BCUT2D eigenvalue weighted by Gasteiger charge is -2.15. The Morgan fingerprint density at radius 1 is 1.12 bits per heavy atom. The Morgan fingerprint density at radius 3 is 2.58 bits per heavy atom. The van der Waals surface area contributed by atoms with Crippen LogP contribution in [0.15, 0.2) is 42.5 Å². The third-order valence-electron chi connectivity index (χ3n) is 3.69. The van der Waals surface area contributed by atoms with Gasteiger partial charge in [-0.25, -0.2) is 4.79 Å². The zero-order chi connectivity index (χ0) is 19.1. The number of halogens is 1. The second kappa shape index (κ2) is 9.10. The number of carbonyl (C=O) groups excluding carboxylic acids is 2. The quantitative estimate of drug-likeness (QED) is 0.748. The summed E-state index contributed by atoms with van der Waals surface area (Å²) in [5, 5.41) is 3.13. The molecule has 0 saturated heterocycles. The molecule has 0 fully saturated rings. The summed E-state index contributed by atoms with van der Waals surface area (Å²) in [5.41, 5.74) is 1.04. The lowest BCUT2D eigenvalue weighted by Crippen LogP contribution is -2.31. The molecule has 1 atom stereocenters. The summed E-state index contributed by atoms with van der Waals surface area (Å²) in [7, 11) is 3.01. The van der Waals surface area contributed by atoms with E-state index >= 15 is 0 Å². The number of methoxy groups -OCH3 is 2. The first-order valence-corrected chi connectivity index (χ1v) is 8.26. The lowest BCUT2D eigenvalue weighted by atomic mass is 10.1. The number of hydrogen-bond acceptors (Lipinski definition) is 5. The van der Waals surface area contributed by atoms with Gasteiger partial charge in [-0.15, -0.1) is 0 Å². The highest BCUT2D eigenvalue weighted by Crippen LogP contribution is 2.23. The van der Waals surface area contributed by atoms with Crippen LogP contribution in [0.25, 0.3) is 0 Å². The Balaban J connectivity index is 1.94. The third kappa shape index (κ3) is 5.13. The minimum atomic E-state index is -0.687. The van der Waals surface area contributed by atoms with Gasteiger partial charge in [-0.3, -0.25) is 4.79 Å².